The number of methoxy groups -OCH3 is 1. The molecule has 0 fully saturated rings. The van der Waals surface area contributed by atoms with Gasteiger partial charge in [0.25, 0.3) is 5.91 Å². The van der Waals surface area contributed by atoms with Gasteiger partial charge in [0.2, 0.25) is 0 Å². The first-order valence-electron chi connectivity index (χ1n) is 7.98. The Hall–Kier alpha value is -3.32. The number of nitrogens with zero attached hydrogens (tertiary/aromatic N) is 1. The van der Waals surface area contributed by atoms with E-state index < -0.39 is 5.97 Å². The number of pyridine rings is 1. The largest absolute Gasteiger partial charge is 0.467 e. The number of nitrogens with one attached hydrogen (secondary N) is 2. The summed E-state index contributed by atoms with van der Waals surface area (Å²) < 4.78 is 9.88. The molecule has 1 amide bonds. The quantitative estimate of drug-likeness (QED) is 0.627. The van der Waals surface area contributed by atoms with Crippen LogP contribution >= 0.6 is 11.6 Å². The number of benzene rings is 1. The molecule has 3 aromatic rings. The zero-order valence-corrected chi connectivity index (χ0v) is 15.1. The Bertz CT molecular complexity index is 957. The van der Waals surface area contributed by atoms with Crippen molar-refractivity contribution in [3.05, 3.63) is 77.0 Å². The van der Waals surface area contributed by atoms with Crippen LogP contribution in [0.15, 0.2) is 59.3 Å². The number of halogens is 1. The highest BCUT2D eigenvalue weighted by Gasteiger charge is 2.12. The number of anilines is 2. The fourth-order valence-corrected chi connectivity index (χ4v) is 2.49. The minimum Gasteiger partial charge on any atom is -0.467 e. The first-order valence-corrected chi connectivity index (χ1v) is 8.36. The van der Waals surface area contributed by atoms with E-state index in [1.54, 1.807) is 42.5 Å². The van der Waals surface area contributed by atoms with Crippen molar-refractivity contribution in [2.24, 2.45) is 0 Å². The molecule has 27 heavy (non-hydrogen) atoms. The number of aromatic nitrogens is 1. The lowest BCUT2D eigenvalue weighted by molar-refractivity contribution is 0.0600. The lowest BCUT2D eigenvalue weighted by atomic mass is 10.2. The number of carbonyl (C=O) groups excluding carboxylic acids is 2. The third-order valence-corrected chi connectivity index (χ3v) is 3.99. The molecule has 0 aliphatic carbocycles. The van der Waals surface area contributed by atoms with Gasteiger partial charge in [-0.05, 0) is 42.5 Å². The summed E-state index contributed by atoms with van der Waals surface area (Å²) in [6.07, 6.45) is 3.04. The van der Waals surface area contributed by atoms with Gasteiger partial charge in [-0.1, -0.05) is 11.6 Å². The number of hydrogen-bond donors (Lipinski definition) is 2. The number of amides is 1. The first-order chi connectivity index (χ1) is 13.1. The average molecular weight is 386 g/mol. The molecule has 0 radical (unpaired) electrons. The lowest BCUT2D eigenvalue weighted by Gasteiger charge is -2.11. The normalized spacial score (nSPS) is 10.3. The summed E-state index contributed by atoms with van der Waals surface area (Å²) in [6.45, 7) is 0.262. The Morgan fingerprint density at radius 3 is 2.81 bits per heavy atom. The second kappa shape index (κ2) is 8.37. The standard InChI is InChI=1S/C19H16ClN3O4/c1-26-19(25)12-4-5-15(20)16(9-12)23-13-6-7-21-17(10-13)18(24)22-11-14-3-2-8-27-14/h2-10H,11H2,1H3,(H,21,23)(H,22,24). The maximum absolute atomic E-state index is 12.3. The van der Waals surface area contributed by atoms with Crippen LogP contribution in [-0.2, 0) is 11.3 Å². The van der Waals surface area contributed by atoms with E-state index in [9.17, 15) is 9.59 Å². The molecule has 0 aliphatic rings. The summed E-state index contributed by atoms with van der Waals surface area (Å²) in [7, 11) is 1.31. The molecule has 0 atom stereocenters. The molecule has 0 saturated heterocycles. The van der Waals surface area contributed by atoms with Crippen LogP contribution < -0.4 is 10.6 Å². The van der Waals surface area contributed by atoms with Crippen LogP contribution in [0.5, 0.6) is 0 Å². The number of furan rings is 1. The Kier molecular flexibility index (Phi) is 5.73. The smallest absolute Gasteiger partial charge is 0.337 e. The van der Waals surface area contributed by atoms with E-state index in [1.165, 1.54) is 19.6 Å². The molecule has 0 bridgehead atoms. The summed E-state index contributed by atoms with van der Waals surface area (Å²) >= 11 is 6.18. The molecule has 0 spiro atoms. The molecule has 138 valence electrons. The second-order valence-electron chi connectivity index (χ2n) is 5.50. The zero-order chi connectivity index (χ0) is 19.2. The molecule has 8 heteroatoms. The molecule has 0 unspecified atom stereocenters. The SMILES string of the molecule is COC(=O)c1ccc(Cl)c(Nc2ccnc(C(=O)NCc3ccco3)c2)c1. The van der Waals surface area contributed by atoms with Crippen molar-refractivity contribution in [2.45, 2.75) is 6.54 Å². The van der Waals surface area contributed by atoms with Crippen molar-refractivity contribution in [3.8, 4) is 0 Å². The highest BCUT2D eigenvalue weighted by molar-refractivity contribution is 6.33. The predicted molar refractivity (Wildman–Crippen MR) is 100 cm³/mol. The summed E-state index contributed by atoms with van der Waals surface area (Å²) in [4.78, 5) is 28.0. The van der Waals surface area contributed by atoms with Crippen LogP contribution in [0.2, 0.25) is 5.02 Å². The lowest BCUT2D eigenvalue weighted by Crippen LogP contribution is -2.23. The van der Waals surface area contributed by atoms with E-state index in [1.807, 2.05) is 0 Å². The molecule has 0 aliphatic heterocycles. The number of esters is 1. The minimum atomic E-state index is -0.470. The van der Waals surface area contributed by atoms with Crippen LogP contribution in [0.1, 0.15) is 26.6 Å². The monoisotopic (exact) mass is 385 g/mol. The molecule has 2 heterocycles. The van der Waals surface area contributed by atoms with Gasteiger partial charge < -0.3 is 19.8 Å². The summed E-state index contributed by atoms with van der Waals surface area (Å²) in [5.41, 5.74) is 1.69. The minimum absolute atomic E-state index is 0.229. The van der Waals surface area contributed by atoms with E-state index in [0.717, 1.165) is 0 Å². The van der Waals surface area contributed by atoms with Crippen LogP contribution in [-0.4, -0.2) is 24.0 Å². The van der Waals surface area contributed by atoms with E-state index in [-0.39, 0.29) is 18.1 Å². The van der Waals surface area contributed by atoms with E-state index >= 15 is 0 Å². The van der Waals surface area contributed by atoms with Gasteiger partial charge in [0.15, 0.2) is 0 Å². The molecular formula is C19H16ClN3O4. The highest BCUT2D eigenvalue weighted by atomic mass is 35.5. The summed E-state index contributed by atoms with van der Waals surface area (Å²) in [5, 5.41) is 6.22. The third kappa shape index (κ3) is 4.65. The van der Waals surface area contributed by atoms with Gasteiger partial charge in [0.05, 0.1) is 36.2 Å². The first kappa shape index (κ1) is 18.5. The van der Waals surface area contributed by atoms with Gasteiger partial charge in [-0.3, -0.25) is 9.78 Å². The van der Waals surface area contributed by atoms with E-state index in [0.29, 0.717) is 27.7 Å². The topological polar surface area (TPSA) is 93.5 Å². The third-order valence-electron chi connectivity index (χ3n) is 3.66. The number of rotatable bonds is 6. The fourth-order valence-electron chi connectivity index (χ4n) is 2.32. The number of ether oxygens (including phenoxy) is 1. The van der Waals surface area contributed by atoms with Crippen molar-refractivity contribution < 1.29 is 18.7 Å². The predicted octanol–water partition coefficient (Wildman–Crippen LogP) is 3.79. The van der Waals surface area contributed by atoms with Crippen molar-refractivity contribution in [2.75, 3.05) is 12.4 Å². The fraction of sp³-hybridized carbons (Fsp3) is 0.105. The Morgan fingerprint density at radius 1 is 1.22 bits per heavy atom. The molecule has 2 aromatic heterocycles. The maximum atomic E-state index is 12.3. The van der Waals surface area contributed by atoms with Crippen LogP contribution in [0.4, 0.5) is 11.4 Å². The van der Waals surface area contributed by atoms with Crippen molar-refractivity contribution in [3.63, 3.8) is 0 Å². The van der Waals surface area contributed by atoms with Gasteiger partial charge in [-0.25, -0.2) is 4.79 Å². The van der Waals surface area contributed by atoms with Crippen LogP contribution in [0.3, 0.4) is 0 Å². The van der Waals surface area contributed by atoms with Crippen molar-refractivity contribution >= 4 is 34.9 Å². The van der Waals surface area contributed by atoms with Gasteiger partial charge in [-0.2, -0.15) is 0 Å². The summed E-state index contributed by atoms with van der Waals surface area (Å²) in [6, 6.07) is 11.5. The Morgan fingerprint density at radius 2 is 2.07 bits per heavy atom. The molecular weight excluding hydrogens is 370 g/mol. The number of hydrogen-bond acceptors (Lipinski definition) is 6. The average Bonchev–Trinajstić information content (AvgIpc) is 3.21. The van der Waals surface area contributed by atoms with Gasteiger partial charge >= 0.3 is 5.97 Å². The van der Waals surface area contributed by atoms with E-state index in [2.05, 4.69) is 15.6 Å². The summed E-state index contributed by atoms with van der Waals surface area (Å²) in [5.74, 6) is -0.170. The van der Waals surface area contributed by atoms with Gasteiger partial charge in [0, 0.05) is 11.9 Å². The molecule has 7 nitrogen and oxygen atoms in total. The molecule has 2 N–H and O–H groups in total. The zero-order valence-electron chi connectivity index (χ0n) is 14.4. The van der Waals surface area contributed by atoms with Gasteiger partial charge in [-0.15, -0.1) is 0 Å². The van der Waals surface area contributed by atoms with Crippen LogP contribution in [0.25, 0.3) is 0 Å². The number of carbonyl (C=O) groups is 2. The van der Waals surface area contributed by atoms with Crippen LogP contribution in [0, 0.1) is 0 Å². The molecule has 0 saturated carbocycles. The second-order valence-corrected chi connectivity index (χ2v) is 5.91. The van der Waals surface area contributed by atoms with Crippen molar-refractivity contribution in [1.29, 1.82) is 0 Å². The molecule has 3 rings (SSSR count). The molecule has 1 aromatic carbocycles. The highest BCUT2D eigenvalue weighted by Crippen LogP contribution is 2.27. The maximum Gasteiger partial charge on any atom is 0.337 e. The Balaban J connectivity index is 1.74. The van der Waals surface area contributed by atoms with Gasteiger partial charge in [0.1, 0.15) is 11.5 Å². The van der Waals surface area contributed by atoms with Crippen molar-refractivity contribution in [1.82, 2.24) is 10.3 Å². The Labute approximate surface area is 160 Å². The van der Waals surface area contributed by atoms with E-state index in [4.69, 9.17) is 20.8 Å².